The molecule has 3 N–H and O–H groups in total. The largest absolute Gasteiger partial charge is 0.477 e. The molecule has 1 unspecified atom stereocenters. The minimum atomic E-state index is -1.26. The first-order valence-corrected chi connectivity index (χ1v) is 16.3. The van der Waals surface area contributed by atoms with Gasteiger partial charge in [0, 0.05) is 35.0 Å². The molecule has 2 aromatic carbocycles. The Labute approximate surface area is 280 Å². The fourth-order valence-corrected chi connectivity index (χ4v) is 4.97. The van der Waals surface area contributed by atoms with Crippen LogP contribution in [0.4, 0.5) is 0 Å². The maximum atomic E-state index is 11.9. The second kappa shape index (κ2) is 25.2. The molecule has 14 nitrogen and oxygen atoms in total. The van der Waals surface area contributed by atoms with E-state index in [1.165, 1.54) is 0 Å². The van der Waals surface area contributed by atoms with Crippen molar-refractivity contribution >= 4 is 23.4 Å². The summed E-state index contributed by atoms with van der Waals surface area (Å²) in [6, 6.07) is 16.7. The molecule has 0 spiro atoms. The van der Waals surface area contributed by atoms with E-state index in [4.69, 9.17) is 20.3 Å². The number of carbonyl (C=O) groups excluding carboxylic acids is 1. The molecule has 0 fully saturated rings. The summed E-state index contributed by atoms with van der Waals surface area (Å²) in [6.07, 6.45) is 10.0. The van der Waals surface area contributed by atoms with Crippen molar-refractivity contribution < 1.29 is 39.7 Å². The number of ether oxygens (including phenoxy) is 1. The third-order valence-electron chi connectivity index (χ3n) is 7.51. The van der Waals surface area contributed by atoms with Crippen LogP contribution in [-0.2, 0) is 20.9 Å². The number of nitro groups is 2. The Balaban J connectivity index is 0.000000487. The summed E-state index contributed by atoms with van der Waals surface area (Å²) in [7, 11) is 0. The van der Waals surface area contributed by atoms with Gasteiger partial charge in [-0.3, -0.25) is 20.2 Å². The number of benzene rings is 2. The van der Waals surface area contributed by atoms with Crippen molar-refractivity contribution in [2.75, 3.05) is 13.1 Å². The van der Waals surface area contributed by atoms with E-state index < -0.39 is 17.9 Å². The fraction of sp³-hybridized carbons (Fsp3) is 0.529. The SMILES string of the molecule is Cc1cccc(C(CCCCC[N+](=O)[O-])C(=NO)C(=O)O)c1.O=C(OCc1ccccc1)C(CCCCCCCCCC[N+](=O)[O-])=NO. The zero-order valence-corrected chi connectivity index (χ0v) is 27.6. The Morgan fingerprint density at radius 3 is 1.85 bits per heavy atom. The normalized spacial score (nSPS) is 12.0. The van der Waals surface area contributed by atoms with Gasteiger partial charge in [0.2, 0.25) is 13.1 Å². The number of carboxylic acids is 1. The lowest BCUT2D eigenvalue weighted by atomic mass is 9.88. The molecule has 0 saturated carbocycles. The molecular formula is C34H48N4O10. The highest BCUT2D eigenvalue weighted by molar-refractivity contribution is 6.37. The summed E-state index contributed by atoms with van der Waals surface area (Å²) in [6.45, 7) is 2.03. The molecule has 14 heteroatoms. The summed E-state index contributed by atoms with van der Waals surface area (Å²) in [5.74, 6) is -2.38. The Morgan fingerprint density at radius 2 is 1.33 bits per heavy atom. The van der Waals surface area contributed by atoms with Gasteiger partial charge in [-0.15, -0.1) is 0 Å². The van der Waals surface area contributed by atoms with Crippen molar-refractivity contribution in [2.45, 2.75) is 103 Å². The van der Waals surface area contributed by atoms with Gasteiger partial charge < -0.3 is 20.3 Å². The molecule has 0 heterocycles. The third kappa shape index (κ3) is 18.9. The Morgan fingerprint density at radius 1 is 0.771 bits per heavy atom. The predicted molar refractivity (Wildman–Crippen MR) is 180 cm³/mol. The van der Waals surface area contributed by atoms with Crippen LogP contribution >= 0.6 is 0 Å². The number of hydrogen-bond acceptors (Lipinski definition) is 11. The van der Waals surface area contributed by atoms with Crippen LogP contribution in [0.1, 0.15) is 106 Å². The van der Waals surface area contributed by atoms with E-state index in [0.29, 0.717) is 38.5 Å². The van der Waals surface area contributed by atoms with Crippen molar-refractivity contribution in [2.24, 2.45) is 10.3 Å². The zero-order chi connectivity index (χ0) is 35.6. The molecule has 0 aliphatic rings. The van der Waals surface area contributed by atoms with Crippen LogP contribution in [-0.4, -0.2) is 61.8 Å². The van der Waals surface area contributed by atoms with Crippen LogP contribution in [0, 0.1) is 27.2 Å². The second-order valence-electron chi connectivity index (χ2n) is 11.4. The first kappa shape index (κ1) is 41.1. The molecule has 0 aliphatic carbocycles. The molecule has 48 heavy (non-hydrogen) atoms. The molecule has 2 aromatic rings. The number of unbranched alkanes of at least 4 members (excludes halogenated alkanes) is 9. The fourth-order valence-electron chi connectivity index (χ4n) is 4.97. The molecule has 0 aliphatic heterocycles. The number of esters is 1. The van der Waals surface area contributed by atoms with Gasteiger partial charge in [-0.2, -0.15) is 0 Å². The van der Waals surface area contributed by atoms with Crippen molar-refractivity contribution in [3.05, 3.63) is 91.5 Å². The standard InChI is InChI=1S/C19H28N2O5.C15H20N2O5/c22-19(26-16-17-12-8-7-9-13-17)18(20-23)14-10-5-3-1-2-4-6-11-15-21(24)25;1-11-6-5-7-12(10-11)13(14(16-20)15(18)19)8-3-2-4-9-17(21)22/h7-9,12-13,23H,1-6,10-11,14-16H2;5-7,10,13,20H,2-4,8-9H2,1H3,(H,18,19). The molecule has 0 bridgehead atoms. The summed E-state index contributed by atoms with van der Waals surface area (Å²) in [5, 5.41) is 53.6. The number of aryl methyl sites for hydroxylation is 1. The second-order valence-corrected chi connectivity index (χ2v) is 11.4. The molecule has 264 valence electrons. The highest BCUT2D eigenvalue weighted by atomic mass is 16.6. The predicted octanol–water partition coefficient (Wildman–Crippen LogP) is 7.18. The van der Waals surface area contributed by atoms with Crippen molar-refractivity contribution in [3.8, 4) is 0 Å². The number of carbonyl (C=O) groups is 2. The third-order valence-corrected chi connectivity index (χ3v) is 7.51. The van der Waals surface area contributed by atoms with Gasteiger partial charge in [0.1, 0.15) is 6.61 Å². The lowest BCUT2D eigenvalue weighted by Crippen LogP contribution is -2.22. The first-order valence-electron chi connectivity index (χ1n) is 16.3. The lowest BCUT2D eigenvalue weighted by molar-refractivity contribution is -0.480. The molecule has 0 radical (unpaired) electrons. The van der Waals surface area contributed by atoms with Gasteiger partial charge in [-0.1, -0.05) is 109 Å². The zero-order valence-electron chi connectivity index (χ0n) is 27.6. The smallest absolute Gasteiger partial charge is 0.356 e. The van der Waals surface area contributed by atoms with Crippen LogP contribution in [0.15, 0.2) is 64.9 Å². The minimum absolute atomic E-state index is 0.0562. The van der Waals surface area contributed by atoms with Crippen LogP contribution in [0.5, 0.6) is 0 Å². The van der Waals surface area contributed by atoms with Crippen molar-refractivity contribution in [1.82, 2.24) is 0 Å². The van der Waals surface area contributed by atoms with E-state index in [1.54, 1.807) is 6.07 Å². The summed E-state index contributed by atoms with van der Waals surface area (Å²) in [5.41, 5.74) is 2.39. The molecule has 0 saturated heterocycles. The van der Waals surface area contributed by atoms with E-state index in [-0.39, 0.29) is 41.0 Å². The Bertz CT molecular complexity index is 1320. The van der Waals surface area contributed by atoms with Gasteiger partial charge in [0.25, 0.3) is 0 Å². The monoisotopic (exact) mass is 672 g/mol. The Hall–Kier alpha value is -4.88. The van der Waals surface area contributed by atoms with Gasteiger partial charge >= 0.3 is 11.9 Å². The van der Waals surface area contributed by atoms with Crippen molar-refractivity contribution in [3.63, 3.8) is 0 Å². The average molecular weight is 673 g/mol. The van der Waals surface area contributed by atoms with Crippen molar-refractivity contribution in [1.29, 1.82) is 0 Å². The van der Waals surface area contributed by atoms with Gasteiger partial charge in [0.05, 0.1) is 0 Å². The van der Waals surface area contributed by atoms with Crippen LogP contribution in [0.3, 0.4) is 0 Å². The van der Waals surface area contributed by atoms with E-state index in [9.17, 15) is 29.8 Å². The quantitative estimate of drug-likeness (QED) is 0.0270. The van der Waals surface area contributed by atoms with E-state index in [0.717, 1.165) is 61.6 Å². The summed E-state index contributed by atoms with van der Waals surface area (Å²) in [4.78, 5) is 43.0. The van der Waals surface area contributed by atoms with E-state index >= 15 is 0 Å². The number of nitrogens with zero attached hydrogens (tertiary/aromatic N) is 4. The lowest BCUT2D eigenvalue weighted by Gasteiger charge is -2.16. The minimum Gasteiger partial charge on any atom is -0.477 e. The summed E-state index contributed by atoms with van der Waals surface area (Å²) >= 11 is 0. The number of hydrogen-bond donors (Lipinski definition) is 3. The molecular weight excluding hydrogens is 624 g/mol. The average Bonchev–Trinajstić information content (AvgIpc) is 3.06. The van der Waals surface area contributed by atoms with Crippen LogP contribution < -0.4 is 0 Å². The molecule has 0 amide bonds. The van der Waals surface area contributed by atoms with E-state index in [2.05, 4.69) is 10.3 Å². The summed E-state index contributed by atoms with van der Waals surface area (Å²) < 4.78 is 5.15. The van der Waals surface area contributed by atoms with Gasteiger partial charge in [-0.25, -0.2) is 9.59 Å². The number of rotatable bonds is 23. The number of oxime groups is 2. The highest BCUT2D eigenvalue weighted by Gasteiger charge is 2.25. The number of aliphatic carboxylic acids is 1. The van der Waals surface area contributed by atoms with Crippen LogP contribution in [0.25, 0.3) is 0 Å². The molecule has 1 atom stereocenters. The first-order chi connectivity index (χ1) is 23.1. The van der Waals surface area contributed by atoms with Gasteiger partial charge in [0.15, 0.2) is 11.4 Å². The maximum Gasteiger partial charge on any atom is 0.356 e. The highest BCUT2D eigenvalue weighted by Crippen LogP contribution is 2.25. The van der Waals surface area contributed by atoms with Crippen LogP contribution in [0.2, 0.25) is 0 Å². The molecule has 0 aromatic heterocycles. The Kier molecular flexibility index (Phi) is 21.6. The van der Waals surface area contributed by atoms with Gasteiger partial charge in [-0.05, 0) is 43.7 Å². The topological polar surface area (TPSA) is 215 Å². The van der Waals surface area contributed by atoms with E-state index in [1.807, 2.05) is 55.5 Å². The maximum absolute atomic E-state index is 11.9. The number of carboxylic acid groups (broad SMARTS) is 1. The molecule has 2 rings (SSSR count).